The fourth-order valence-electron chi connectivity index (χ4n) is 1.90. The van der Waals surface area contributed by atoms with Gasteiger partial charge >= 0.3 is 0 Å². The Hall–Kier alpha value is -1.52. The van der Waals surface area contributed by atoms with Gasteiger partial charge < -0.3 is 10.1 Å². The molecule has 0 aliphatic carbocycles. The molecule has 0 atom stereocenters. The summed E-state index contributed by atoms with van der Waals surface area (Å²) in [6.07, 6.45) is 4.70. The van der Waals surface area contributed by atoms with Gasteiger partial charge in [-0.05, 0) is 30.8 Å². The van der Waals surface area contributed by atoms with Crippen LogP contribution in [0.1, 0.15) is 11.1 Å². The van der Waals surface area contributed by atoms with E-state index in [4.69, 9.17) is 16.3 Å². The lowest BCUT2D eigenvalue weighted by molar-refractivity contribution is 0.318. The highest BCUT2D eigenvalue weighted by atomic mass is 35.5. The number of nitrogens with one attached hydrogen (secondary N) is 1. The lowest BCUT2D eigenvalue weighted by Gasteiger charge is -2.11. The molecule has 0 bridgehead atoms. The number of rotatable bonds is 6. The van der Waals surface area contributed by atoms with Crippen molar-refractivity contribution in [2.45, 2.75) is 13.0 Å². The van der Waals surface area contributed by atoms with E-state index in [1.54, 1.807) is 4.68 Å². The van der Waals surface area contributed by atoms with Crippen molar-refractivity contribution in [3.63, 3.8) is 0 Å². The van der Waals surface area contributed by atoms with Crippen LogP contribution in [-0.4, -0.2) is 23.4 Å². The molecule has 0 aliphatic rings. The van der Waals surface area contributed by atoms with Crippen LogP contribution in [0.25, 0.3) is 0 Å². The van der Waals surface area contributed by atoms with Crippen LogP contribution in [0.2, 0.25) is 5.02 Å². The molecule has 4 nitrogen and oxygen atoms in total. The van der Waals surface area contributed by atoms with Crippen molar-refractivity contribution in [2.24, 2.45) is 7.05 Å². The third-order valence-corrected chi connectivity index (χ3v) is 3.03. The zero-order valence-corrected chi connectivity index (χ0v) is 11.9. The monoisotopic (exact) mass is 279 g/mol. The second-order valence-electron chi connectivity index (χ2n) is 4.40. The number of nitrogens with zero attached hydrogens (tertiary/aromatic N) is 2. The minimum absolute atomic E-state index is 0.629. The average molecular weight is 280 g/mol. The molecule has 0 spiro atoms. The van der Waals surface area contributed by atoms with Gasteiger partial charge in [-0.1, -0.05) is 11.6 Å². The van der Waals surface area contributed by atoms with Gasteiger partial charge in [0, 0.05) is 36.8 Å². The average Bonchev–Trinajstić information content (AvgIpc) is 2.78. The first kappa shape index (κ1) is 13.9. The molecule has 0 amide bonds. The Bertz CT molecular complexity index is 539. The molecule has 102 valence electrons. The van der Waals surface area contributed by atoms with Crippen molar-refractivity contribution in [1.29, 1.82) is 0 Å². The van der Waals surface area contributed by atoms with Crippen molar-refractivity contribution < 1.29 is 4.74 Å². The van der Waals surface area contributed by atoms with Gasteiger partial charge in [-0.3, -0.25) is 4.68 Å². The Labute approximate surface area is 118 Å². The summed E-state index contributed by atoms with van der Waals surface area (Å²) in [7, 11) is 3.81. The van der Waals surface area contributed by atoms with Crippen LogP contribution in [-0.2, 0) is 20.0 Å². The first-order valence-electron chi connectivity index (χ1n) is 6.22. The fraction of sp³-hybridized carbons (Fsp3) is 0.357. The summed E-state index contributed by atoms with van der Waals surface area (Å²) in [5.74, 6) is 0.877. The molecule has 0 unspecified atom stereocenters. The summed E-state index contributed by atoms with van der Waals surface area (Å²) >= 11 is 5.99. The zero-order valence-electron chi connectivity index (χ0n) is 11.2. The molecule has 2 aromatic rings. The third kappa shape index (κ3) is 3.98. The lowest BCUT2D eigenvalue weighted by atomic mass is 10.2. The summed E-state index contributed by atoms with van der Waals surface area (Å²) in [6.45, 7) is 1.37. The van der Waals surface area contributed by atoms with Crippen LogP contribution in [0.5, 0.6) is 5.75 Å². The van der Waals surface area contributed by atoms with Crippen LogP contribution >= 0.6 is 11.6 Å². The Kier molecular flexibility index (Phi) is 4.82. The SMILES string of the molecule is CNCc1cc(Cl)ccc1OCCc1cnn(C)c1. The predicted molar refractivity (Wildman–Crippen MR) is 76.6 cm³/mol. The third-order valence-electron chi connectivity index (χ3n) is 2.80. The summed E-state index contributed by atoms with van der Waals surface area (Å²) in [4.78, 5) is 0. The van der Waals surface area contributed by atoms with E-state index in [0.717, 1.165) is 29.3 Å². The van der Waals surface area contributed by atoms with E-state index in [1.807, 2.05) is 44.7 Å². The Balaban J connectivity index is 1.95. The standard InChI is InChI=1S/C14H18ClN3O/c1-16-9-12-7-13(15)3-4-14(12)19-6-5-11-8-17-18(2)10-11/h3-4,7-8,10,16H,5-6,9H2,1-2H3. The first-order chi connectivity index (χ1) is 9.19. The van der Waals surface area contributed by atoms with E-state index >= 15 is 0 Å². The number of hydrogen-bond donors (Lipinski definition) is 1. The normalized spacial score (nSPS) is 10.7. The maximum Gasteiger partial charge on any atom is 0.123 e. The maximum absolute atomic E-state index is 5.99. The van der Waals surface area contributed by atoms with E-state index in [0.29, 0.717) is 6.61 Å². The van der Waals surface area contributed by atoms with Gasteiger partial charge in [0.25, 0.3) is 0 Å². The van der Waals surface area contributed by atoms with Crippen molar-refractivity contribution in [3.8, 4) is 5.75 Å². The molecule has 5 heteroatoms. The highest BCUT2D eigenvalue weighted by Gasteiger charge is 2.04. The molecule has 0 saturated carbocycles. The molecule has 0 aliphatic heterocycles. The van der Waals surface area contributed by atoms with Gasteiger partial charge in [-0.25, -0.2) is 0 Å². The first-order valence-corrected chi connectivity index (χ1v) is 6.60. The molecule has 1 N–H and O–H groups in total. The molecule has 2 rings (SSSR count). The minimum atomic E-state index is 0.629. The lowest BCUT2D eigenvalue weighted by Crippen LogP contribution is -2.09. The maximum atomic E-state index is 5.99. The molecule has 19 heavy (non-hydrogen) atoms. The second kappa shape index (κ2) is 6.59. The molecule has 0 radical (unpaired) electrons. The van der Waals surface area contributed by atoms with Crippen LogP contribution in [0, 0.1) is 0 Å². The van der Waals surface area contributed by atoms with Crippen molar-refractivity contribution in [1.82, 2.24) is 15.1 Å². The van der Waals surface area contributed by atoms with Gasteiger partial charge in [-0.2, -0.15) is 5.10 Å². The molecule has 0 saturated heterocycles. The second-order valence-corrected chi connectivity index (χ2v) is 4.84. The van der Waals surface area contributed by atoms with E-state index in [1.165, 1.54) is 5.56 Å². The van der Waals surface area contributed by atoms with Gasteiger partial charge in [0.05, 0.1) is 12.8 Å². The highest BCUT2D eigenvalue weighted by Crippen LogP contribution is 2.23. The van der Waals surface area contributed by atoms with Crippen LogP contribution < -0.4 is 10.1 Å². The highest BCUT2D eigenvalue weighted by molar-refractivity contribution is 6.30. The van der Waals surface area contributed by atoms with Gasteiger partial charge in [-0.15, -0.1) is 0 Å². The largest absolute Gasteiger partial charge is 0.493 e. The van der Waals surface area contributed by atoms with Gasteiger partial charge in [0.2, 0.25) is 0 Å². The van der Waals surface area contributed by atoms with Gasteiger partial charge in [0.1, 0.15) is 5.75 Å². The molecular formula is C14H18ClN3O. The number of halogens is 1. The summed E-state index contributed by atoms with van der Waals surface area (Å²) in [6, 6.07) is 5.69. The Morgan fingerprint density at radius 2 is 2.26 bits per heavy atom. The summed E-state index contributed by atoms with van der Waals surface area (Å²) in [5, 5.41) is 7.97. The molecule has 0 fully saturated rings. The van der Waals surface area contributed by atoms with Crippen molar-refractivity contribution in [2.75, 3.05) is 13.7 Å². The fourth-order valence-corrected chi connectivity index (χ4v) is 2.09. The number of hydrogen-bond acceptors (Lipinski definition) is 3. The number of aromatic nitrogens is 2. The molecule has 1 aromatic carbocycles. The quantitative estimate of drug-likeness (QED) is 0.883. The van der Waals surface area contributed by atoms with E-state index in [2.05, 4.69) is 10.4 Å². The smallest absolute Gasteiger partial charge is 0.123 e. The molecular weight excluding hydrogens is 262 g/mol. The Morgan fingerprint density at radius 1 is 1.42 bits per heavy atom. The zero-order chi connectivity index (χ0) is 13.7. The number of ether oxygens (including phenoxy) is 1. The van der Waals surface area contributed by atoms with Crippen molar-refractivity contribution in [3.05, 3.63) is 46.7 Å². The van der Waals surface area contributed by atoms with Crippen LogP contribution in [0.15, 0.2) is 30.6 Å². The van der Waals surface area contributed by atoms with Crippen molar-refractivity contribution >= 4 is 11.6 Å². The minimum Gasteiger partial charge on any atom is -0.493 e. The van der Waals surface area contributed by atoms with Gasteiger partial charge in [0.15, 0.2) is 0 Å². The number of aryl methyl sites for hydroxylation is 1. The van der Waals surface area contributed by atoms with Crippen LogP contribution in [0.4, 0.5) is 0 Å². The molecule has 1 heterocycles. The molecule has 1 aromatic heterocycles. The summed E-state index contributed by atoms with van der Waals surface area (Å²) in [5.41, 5.74) is 2.24. The number of benzene rings is 1. The van der Waals surface area contributed by atoms with E-state index in [9.17, 15) is 0 Å². The van der Waals surface area contributed by atoms with E-state index in [-0.39, 0.29) is 0 Å². The predicted octanol–water partition coefficient (Wildman–Crippen LogP) is 2.41. The topological polar surface area (TPSA) is 39.1 Å². The summed E-state index contributed by atoms with van der Waals surface area (Å²) < 4.78 is 7.62. The van der Waals surface area contributed by atoms with E-state index < -0.39 is 0 Å². The van der Waals surface area contributed by atoms with Crippen LogP contribution in [0.3, 0.4) is 0 Å². The Morgan fingerprint density at radius 3 is 2.95 bits per heavy atom.